The van der Waals surface area contributed by atoms with Gasteiger partial charge in [0.1, 0.15) is 5.82 Å². The molecule has 5 rings (SSSR count). The molecule has 0 aliphatic heterocycles. The van der Waals surface area contributed by atoms with Crippen molar-refractivity contribution in [2.24, 2.45) is 0 Å². The fraction of sp³-hybridized carbons (Fsp3) is 0.129. The number of aliphatic hydroxyl groups excluding tert-OH is 1. The predicted octanol–water partition coefficient (Wildman–Crippen LogP) is 5.58. The Balaban J connectivity index is 1.43. The number of carbonyl (C=O) groups excluding carboxylic acids is 1. The SMILES string of the molecule is Cc1c(CC(O)Cc2cccc(-n3c(NC(=O)c4ccccc4)cc4ccccc43)c2)cccc1S(=O)(=O)O. The molecule has 1 aromatic heterocycles. The van der Waals surface area contributed by atoms with Gasteiger partial charge in [-0.05, 0) is 78.9 Å². The van der Waals surface area contributed by atoms with Crippen LogP contribution in [0.3, 0.4) is 0 Å². The number of aromatic nitrogens is 1. The van der Waals surface area contributed by atoms with Crippen LogP contribution in [-0.2, 0) is 23.0 Å². The average molecular weight is 541 g/mol. The molecule has 5 aromatic rings. The van der Waals surface area contributed by atoms with Gasteiger partial charge in [-0.15, -0.1) is 0 Å². The van der Waals surface area contributed by atoms with Crippen molar-refractivity contribution in [3.05, 3.63) is 125 Å². The van der Waals surface area contributed by atoms with E-state index in [0.717, 1.165) is 22.2 Å². The largest absolute Gasteiger partial charge is 0.392 e. The Hall–Kier alpha value is -4.24. The van der Waals surface area contributed by atoms with Crippen LogP contribution in [0.5, 0.6) is 0 Å². The molecule has 0 radical (unpaired) electrons. The number of benzene rings is 4. The predicted molar refractivity (Wildman–Crippen MR) is 152 cm³/mol. The maximum atomic E-state index is 13.0. The molecule has 0 fully saturated rings. The minimum Gasteiger partial charge on any atom is -0.392 e. The first-order valence-electron chi connectivity index (χ1n) is 12.5. The van der Waals surface area contributed by atoms with Gasteiger partial charge in [0, 0.05) is 16.6 Å². The summed E-state index contributed by atoms with van der Waals surface area (Å²) >= 11 is 0. The molecule has 1 heterocycles. The van der Waals surface area contributed by atoms with Crippen molar-refractivity contribution in [3.8, 4) is 5.69 Å². The van der Waals surface area contributed by atoms with Gasteiger partial charge in [0.25, 0.3) is 16.0 Å². The van der Waals surface area contributed by atoms with Gasteiger partial charge in [0.05, 0.1) is 16.5 Å². The van der Waals surface area contributed by atoms with E-state index in [1.807, 2.05) is 77.4 Å². The first-order chi connectivity index (χ1) is 18.7. The van der Waals surface area contributed by atoms with E-state index in [4.69, 9.17) is 0 Å². The van der Waals surface area contributed by atoms with Gasteiger partial charge in [0.2, 0.25) is 0 Å². The van der Waals surface area contributed by atoms with Crippen LogP contribution in [0.1, 0.15) is 27.0 Å². The monoisotopic (exact) mass is 540 g/mol. The molecule has 39 heavy (non-hydrogen) atoms. The molecule has 0 aliphatic carbocycles. The summed E-state index contributed by atoms with van der Waals surface area (Å²) in [7, 11) is -4.34. The number of hydrogen-bond donors (Lipinski definition) is 3. The third kappa shape index (κ3) is 5.78. The Morgan fingerprint density at radius 1 is 0.872 bits per heavy atom. The van der Waals surface area contributed by atoms with Gasteiger partial charge in [-0.2, -0.15) is 8.42 Å². The highest BCUT2D eigenvalue weighted by molar-refractivity contribution is 7.85. The maximum absolute atomic E-state index is 13.0. The van der Waals surface area contributed by atoms with Crippen molar-refractivity contribution in [2.75, 3.05) is 5.32 Å². The van der Waals surface area contributed by atoms with Crippen molar-refractivity contribution >= 4 is 32.7 Å². The van der Waals surface area contributed by atoms with Crippen molar-refractivity contribution < 1.29 is 22.9 Å². The molecule has 8 heteroatoms. The summed E-state index contributed by atoms with van der Waals surface area (Å²) in [5, 5.41) is 14.9. The Bertz CT molecular complexity index is 1760. The smallest absolute Gasteiger partial charge is 0.294 e. The highest BCUT2D eigenvalue weighted by Gasteiger charge is 2.18. The van der Waals surface area contributed by atoms with Crippen molar-refractivity contribution in [3.63, 3.8) is 0 Å². The van der Waals surface area contributed by atoms with E-state index < -0.39 is 16.2 Å². The number of hydrogen-bond acceptors (Lipinski definition) is 4. The number of rotatable bonds is 8. The van der Waals surface area contributed by atoms with Gasteiger partial charge in [-0.25, -0.2) is 0 Å². The minimum atomic E-state index is -4.34. The fourth-order valence-electron chi connectivity index (χ4n) is 4.88. The lowest BCUT2D eigenvalue weighted by molar-refractivity contribution is 0.102. The van der Waals surface area contributed by atoms with Gasteiger partial charge in [0.15, 0.2) is 0 Å². The number of anilines is 1. The Morgan fingerprint density at radius 2 is 1.59 bits per heavy atom. The van der Waals surface area contributed by atoms with Crippen LogP contribution in [0.15, 0.2) is 108 Å². The zero-order valence-electron chi connectivity index (χ0n) is 21.3. The van der Waals surface area contributed by atoms with Crippen LogP contribution in [0.2, 0.25) is 0 Å². The topological polar surface area (TPSA) is 109 Å². The van der Waals surface area contributed by atoms with Gasteiger partial charge in [-0.1, -0.05) is 60.7 Å². The number of fused-ring (bicyclic) bond motifs is 1. The third-order valence-corrected chi connectivity index (χ3v) is 7.76. The molecule has 1 amide bonds. The lowest BCUT2D eigenvalue weighted by Gasteiger charge is -2.16. The van der Waals surface area contributed by atoms with E-state index >= 15 is 0 Å². The van der Waals surface area contributed by atoms with E-state index in [0.29, 0.717) is 28.9 Å². The van der Waals surface area contributed by atoms with E-state index in [1.165, 1.54) is 6.07 Å². The van der Waals surface area contributed by atoms with Crippen LogP contribution in [-0.4, -0.2) is 34.7 Å². The molecule has 4 aromatic carbocycles. The molecule has 0 saturated carbocycles. The summed E-state index contributed by atoms with van der Waals surface area (Å²) < 4.78 is 34.8. The number of aliphatic hydroxyl groups is 1. The van der Waals surface area contributed by atoms with Crippen molar-refractivity contribution in [2.45, 2.75) is 30.8 Å². The highest BCUT2D eigenvalue weighted by Crippen LogP contribution is 2.29. The zero-order valence-corrected chi connectivity index (χ0v) is 22.1. The standard InChI is InChI=1S/C31H28N2O5S/c1-21-24(13-8-16-29(21)39(36,37)38)19-27(34)18-22-9-7-14-26(17-22)33-28-15-6-5-12-25(28)20-30(33)32-31(35)23-10-3-2-4-11-23/h2-17,20,27,34H,18-19H2,1H3,(H,32,35)(H,36,37,38). The second-order valence-corrected chi connectivity index (χ2v) is 10.9. The van der Waals surface area contributed by atoms with Crippen molar-refractivity contribution in [1.29, 1.82) is 0 Å². The van der Waals surface area contributed by atoms with E-state index in [2.05, 4.69) is 5.32 Å². The minimum absolute atomic E-state index is 0.154. The highest BCUT2D eigenvalue weighted by atomic mass is 32.2. The fourth-order valence-corrected chi connectivity index (χ4v) is 5.65. The second kappa shape index (κ2) is 10.9. The number of amides is 1. The third-order valence-electron chi connectivity index (χ3n) is 6.76. The normalized spacial score (nSPS) is 12.4. The van der Waals surface area contributed by atoms with Gasteiger partial charge in [-0.3, -0.25) is 13.9 Å². The summed E-state index contributed by atoms with van der Waals surface area (Å²) in [6, 6.07) is 31.2. The molecule has 0 saturated heterocycles. The lowest BCUT2D eigenvalue weighted by atomic mass is 9.98. The number of nitrogens with zero attached hydrogens (tertiary/aromatic N) is 1. The Labute approximate surface area is 227 Å². The van der Waals surface area contributed by atoms with E-state index in [1.54, 1.807) is 31.2 Å². The number of carbonyl (C=O) groups is 1. The molecule has 7 nitrogen and oxygen atoms in total. The molecule has 0 bridgehead atoms. The molecule has 0 aliphatic rings. The van der Waals surface area contributed by atoms with E-state index in [9.17, 15) is 22.9 Å². The summed E-state index contributed by atoms with van der Waals surface area (Å²) in [4.78, 5) is 12.8. The molecule has 3 N–H and O–H groups in total. The van der Waals surface area contributed by atoms with Crippen LogP contribution in [0.4, 0.5) is 5.82 Å². The summed E-state index contributed by atoms with van der Waals surface area (Å²) in [6.45, 7) is 1.62. The average Bonchev–Trinajstić information content (AvgIpc) is 3.27. The molecular weight excluding hydrogens is 512 g/mol. The molecule has 1 atom stereocenters. The van der Waals surface area contributed by atoms with E-state index in [-0.39, 0.29) is 17.2 Å². The summed E-state index contributed by atoms with van der Waals surface area (Å²) in [5.41, 5.74) is 4.26. The van der Waals surface area contributed by atoms with Gasteiger partial charge < -0.3 is 10.4 Å². The zero-order chi connectivity index (χ0) is 27.6. The first-order valence-corrected chi connectivity index (χ1v) is 13.9. The molecule has 0 spiro atoms. The maximum Gasteiger partial charge on any atom is 0.294 e. The summed E-state index contributed by atoms with van der Waals surface area (Å²) in [6.07, 6.45) is -0.229. The number of nitrogens with one attached hydrogen (secondary N) is 1. The number of para-hydroxylation sites is 1. The molecule has 1 unspecified atom stereocenters. The first kappa shape index (κ1) is 26.4. The second-order valence-electron chi connectivity index (χ2n) is 9.49. The Kier molecular flexibility index (Phi) is 7.34. The van der Waals surface area contributed by atoms with Crippen LogP contribution < -0.4 is 5.32 Å². The van der Waals surface area contributed by atoms with Crippen molar-refractivity contribution in [1.82, 2.24) is 4.57 Å². The Morgan fingerprint density at radius 3 is 2.36 bits per heavy atom. The van der Waals surface area contributed by atoms with Gasteiger partial charge >= 0.3 is 0 Å². The molecular formula is C31H28N2O5S. The lowest BCUT2D eigenvalue weighted by Crippen LogP contribution is -2.16. The summed E-state index contributed by atoms with van der Waals surface area (Å²) in [5.74, 6) is 0.411. The van der Waals surface area contributed by atoms with Crippen LogP contribution in [0, 0.1) is 6.92 Å². The quantitative estimate of drug-likeness (QED) is 0.223. The van der Waals surface area contributed by atoms with Crippen LogP contribution in [0.25, 0.3) is 16.6 Å². The molecule has 198 valence electrons. The van der Waals surface area contributed by atoms with Crippen LogP contribution >= 0.6 is 0 Å².